The summed E-state index contributed by atoms with van der Waals surface area (Å²) in [6.45, 7) is 4.34. The van der Waals surface area contributed by atoms with E-state index in [2.05, 4.69) is 18.8 Å². The van der Waals surface area contributed by atoms with Crippen molar-refractivity contribution in [3.8, 4) is 0 Å². The van der Waals surface area contributed by atoms with Crippen LogP contribution in [0.15, 0.2) is 57.8 Å². The molecule has 1 aliphatic rings. The van der Waals surface area contributed by atoms with Gasteiger partial charge >= 0.3 is 0 Å². The number of aromatic nitrogens is 1. The summed E-state index contributed by atoms with van der Waals surface area (Å²) in [4.78, 5) is 4.75. The molecule has 0 unspecified atom stereocenters. The smallest absolute Gasteiger partial charge is 0.238 e. The van der Waals surface area contributed by atoms with Crippen molar-refractivity contribution in [1.82, 2.24) is 4.98 Å². The van der Waals surface area contributed by atoms with Crippen LogP contribution >= 0.6 is 0 Å². The fourth-order valence-electron chi connectivity index (χ4n) is 3.61. The summed E-state index contributed by atoms with van der Waals surface area (Å²) in [6, 6.07) is 14.5. The quantitative estimate of drug-likeness (QED) is 0.790. The van der Waals surface area contributed by atoms with E-state index in [1.54, 1.807) is 12.1 Å². The predicted octanol–water partition coefficient (Wildman–Crippen LogP) is 3.38. The minimum Gasteiger partial charge on any atom is -0.440 e. The molecule has 2 atom stereocenters. The number of fused-ring (bicyclic) bond motifs is 1. The first kappa shape index (κ1) is 15.4. The van der Waals surface area contributed by atoms with E-state index in [1.165, 1.54) is 0 Å². The van der Waals surface area contributed by atoms with Crippen molar-refractivity contribution in [2.75, 3.05) is 0 Å². The molecule has 2 N–H and O–H groups in total. The van der Waals surface area contributed by atoms with Crippen molar-refractivity contribution < 1.29 is 12.8 Å². The highest BCUT2D eigenvalue weighted by molar-refractivity contribution is 7.89. The van der Waals surface area contributed by atoms with E-state index in [1.807, 2.05) is 36.4 Å². The van der Waals surface area contributed by atoms with Crippen molar-refractivity contribution in [1.29, 1.82) is 0 Å². The molecule has 5 nitrogen and oxygen atoms in total. The Morgan fingerprint density at radius 2 is 1.71 bits per heavy atom. The lowest BCUT2D eigenvalue weighted by molar-refractivity contribution is 0.493. The number of benzene rings is 2. The van der Waals surface area contributed by atoms with Gasteiger partial charge in [-0.1, -0.05) is 38.1 Å². The Balaban J connectivity index is 1.69. The largest absolute Gasteiger partial charge is 0.440 e. The van der Waals surface area contributed by atoms with Gasteiger partial charge in [-0.2, -0.15) is 0 Å². The van der Waals surface area contributed by atoms with Gasteiger partial charge < -0.3 is 4.42 Å². The zero-order valence-corrected chi connectivity index (χ0v) is 14.2. The molecule has 0 radical (unpaired) electrons. The molecule has 0 spiro atoms. The number of sulfonamides is 1. The average molecular weight is 342 g/mol. The first-order valence-corrected chi connectivity index (χ1v) is 9.31. The van der Waals surface area contributed by atoms with Gasteiger partial charge in [-0.05, 0) is 35.2 Å². The molecular weight excluding hydrogens is 324 g/mol. The van der Waals surface area contributed by atoms with Crippen molar-refractivity contribution >= 4 is 21.1 Å². The third-order valence-corrected chi connectivity index (χ3v) is 5.90. The molecule has 124 valence electrons. The first-order valence-electron chi connectivity index (χ1n) is 7.77. The van der Waals surface area contributed by atoms with Crippen LogP contribution in [0.25, 0.3) is 11.1 Å². The van der Waals surface area contributed by atoms with Gasteiger partial charge in [-0.15, -0.1) is 0 Å². The van der Waals surface area contributed by atoms with Gasteiger partial charge in [-0.3, -0.25) is 0 Å². The highest BCUT2D eigenvalue weighted by atomic mass is 32.2. The van der Waals surface area contributed by atoms with Gasteiger partial charge in [0.25, 0.3) is 0 Å². The van der Waals surface area contributed by atoms with Gasteiger partial charge in [0.05, 0.1) is 4.90 Å². The highest BCUT2D eigenvalue weighted by Crippen LogP contribution is 2.69. The standard InChI is InChI=1S/C18H18N2O3S/c1-18(2)15(11-7-9-12(10-8-11)24(19,21)22)16(18)17-20-13-5-3-4-6-14(13)23-17/h3-10,15-16H,1-2H3,(H2,19,21,22)/t15-,16+/m0/s1. The number of nitrogens with two attached hydrogens (primary N) is 1. The van der Waals surface area contributed by atoms with Crippen LogP contribution in [0.2, 0.25) is 0 Å². The fraction of sp³-hybridized carbons (Fsp3) is 0.278. The second kappa shape index (κ2) is 4.91. The van der Waals surface area contributed by atoms with E-state index in [4.69, 9.17) is 9.56 Å². The molecule has 6 heteroatoms. The van der Waals surface area contributed by atoms with Crippen LogP contribution in [0, 0.1) is 5.41 Å². The van der Waals surface area contributed by atoms with Crippen LogP contribution in [0.5, 0.6) is 0 Å². The lowest BCUT2D eigenvalue weighted by atomic mass is 10.0. The van der Waals surface area contributed by atoms with Crippen molar-refractivity contribution in [2.45, 2.75) is 30.6 Å². The van der Waals surface area contributed by atoms with Crippen molar-refractivity contribution in [3.05, 3.63) is 60.0 Å². The van der Waals surface area contributed by atoms with Gasteiger partial charge in [0.2, 0.25) is 10.0 Å². The number of hydrogen-bond acceptors (Lipinski definition) is 4. The van der Waals surface area contributed by atoms with Crippen LogP contribution < -0.4 is 5.14 Å². The Hall–Kier alpha value is -2.18. The second-order valence-corrected chi connectivity index (χ2v) is 8.47. The second-order valence-electron chi connectivity index (χ2n) is 6.91. The summed E-state index contributed by atoms with van der Waals surface area (Å²) in [7, 11) is -3.67. The van der Waals surface area contributed by atoms with E-state index in [0.717, 1.165) is 22.6 Å². The average Bonchev–Trinajstić information content (AvgIpc) is 2.90. The number of hydrogen-bond donors (Lipinski definition) is 1. The topological polar surface area (TPSA) is 86.2 Å². The maximum atomic E-state index is 11.4. The SMILES string of the molecule is CC1(C)[C@@H](c2ccc(S(N)(=O)=O)cc2)[C@@H]1c1nc2ccccc2o1. The molecule has 0 saturated heterocycles. The Bertz CT molecular complexity index is 987. The van der Waals surface area contributed by atoms with E-state index < -0.39 is 10.0 Å². The van der Waals surface area contributed by atoms with E-state index in [9.17, 15) is 8.42 Å². The summed E-state index contributed by atoms with van der Waals surface area (Å²) < 4.78 is 28.7. The zero-order chi connectivity index (χ0) is 17.1. The van der Waals surface area contributed by atoms with Crippen LogP contribution in [-0.2, 0) is 10.0 Å². The lowest BCUT2D eigenvalue weighted by Gasteiger charge is -2.04. The fourth-order valence-corrected chi connectivity index (χ4v) is 4.12. The Morgan fingerprint density at radius 1 is 1.04 bits per heavy atom. The monoisotopic (exact) mass is 342 g/mol. The van der Waals surface area contributed by atoms with E-state index in [-0.39, 0.29) is 22.1 Å². The number of oxazole rings is 1. The summed E-state index contributed by atoms with van der Waals surface area (Å²) in [5.41, 5.74) is 2.72. The minimum atomic E-state index is -3.67. The molecule has 1 aromatic heterocycles. The van der Waals surface area contributed by atoms with Crippen LogP contribution in [0.1, 0.15) is 37.1 Å². The molecule has 0 bridgehead atoms. The number of primary sulfonamides is 1. The summed E-state index contributed by atoms with van der Waals surface area (Å²) >= 11 is 0. The molecule has 4 rings (SSSR count). The van der Waals surface area contributed by atoms with Gasteiger partial charge in [0.15, 0.2) is 11.5 Å². The first-order chi connectivity index (χ1) is 11.3. The predicted molar refractivity (Wildman–Crippen MR) is 91.1 cm³/mol. The number of para-hydroxylation sites is 2. The lowest BCUT2D eigenvalue weighted by Crippen LogP contribution is -2.11. The molecule has 24 heavy (non-hydrogen) atoms. The molecule has 1 aliphatic carbocycles. The Labute approximate surface area is 140 Å². The Morgan fingerprint density at radius 3 is 2.33 bits per heavy atom. The van der Waals surface area contributed by atoms with Gasteiger partial charge in [-0.25, -0.2) is 18.5 Å². The zero-order valence-electron chi connectivity index (χ0n) is 13.4. The molecule has 1 fully saturated rings. The Kier molecular flexibility index (Phi) is 3.14. The third kappa shape index (κ3) is 2.34. The van der Waals surface area contributed by atoms with E-state index in [0.29, 0.717) is 0 Å². The summed E-state index contributed by atoms with van der Waals surface area (Å²) in [5.74, 6) is 1.15. The van der Waals surface area contributed by atoms with Crippen molar-refractivity contribution in [2.24, 2.45) is 10.6 Å². The van der Waals surface area contributed by atoms with Gasteiger partial charge in [0, 0.05) is 11.8 Å². The summed E-state index contributed by atoms with van der Waals surface area (Å²) in [6.07, 6.45) is 0. The maximum absolute atomic E-state index is 11.4. The summed E-state index contributed by atoms with van der Waals surface area (Å²) in [5, 5.41) is 5.16. The van der Waals surface area contributed by atoms with Gasteiger partial charge in [0.1, 0.15) is 5.52 Å². The molecule has 0 aliphatic heterocycles. The van der Waals surface area contributed by atoms with Crippen molar-refractivity contribution in [3.63, 3.8) is 0 Å². The van der Waals surface area contributed by atoms with Crippen LogP contribution in [0.3, 0.4) is 0 Å². The number of nitrogens with zero attached hydrogens (tertiary/aromatic N) is 1. The highest BCUT2D eigenvalue weighted by Gasteiger charge is 2.61. The molecule has 0 amide bonds. The molecular formula is C18H18N2O3S. The third-order valence-electron chi connectivity index (χ3n) is 4.97. The molecule has 1 saturated carbocycles. The minimum absolute atomic E-state index is 0.00395. The van der Waals surface area contributed by atoms with E-state index >= 15 is 0 Å². The van der Waals surface area contributed by atoms with Crippen LogP contribution in [-0.4, -0.2) is 13.4 Å². The molecule has 2 aromatic carbocycles. The normalized spacial score (nSPS) is 22.6. The molecule has 1 heterocycles. The van der Waals surface area contributed by atoms with Crippen LogP contribution in [0.4, 0.5) is 0 Å². The molecule has 3 aromatic rings. The number of rotatable bonds is 3. The maximum Gasteiger partial charge on any atom is 0.238 e.